The van der Waals surface area contributed by atoms with Crippen molar-refractivity contribution in [1.29, 1.82) is 5.26 Å². The molecule has 3 rings (SSSR count). The fourth-order valence-electron chi connectivity index (χ4n) is 3.00. The van der Waals surface area contributed by atoms with Crippen LogP contribution in [0.25, 0.3) is 0 Å². The van der Waals surface area contributed by atoms with Crippen LogP contribution < -0.4 is 5.32 Å². The second kappa shape index (κ2) is 9.82. The summed E-state index contributed by atoms with van der Waals surface area (Å²) < 4.78 is 40.6. The van der Waals surface area contributed by atoms with Crippen LogP contribution in [0.5, 0.6) is 0 Å². The molecule has 0 spiro atoms. The third-order valence-electron chi connectivity index (χ3n) is 4.68. The predicted octanol–water partition coefficient (Wildman–Crippen LogP) is 5.95. The van der Waals surface area contributed by atoms with Gasteiger partial charge in [-0.2, -0.15) is 5.26 Å². The minimum absolute atomic E-state index is 0.0267. The molecule has 1 N–H and O–H groups in total. The van der Waals surface area contributed by atoms with Gasteiger partial charge in [-0.05, 0) is 48.7 Å². The number of allylic oxidation sites excluding steroid dienone is 1. The number of thioether (sulfide) groups is 1. The summed E-state index contributed by atoms with van der Waals surface area (Å²) >= 11 is 1.08. The van der Waals surface area contributed by atoms with Crippen molar-refractivity contribution in [2.75, 3.05) is 5.32 Å². The summed E-state index contributed by atoms with van der Waals surface area (Å²) in [6.45, 7) is 3.79. The first kappa shape index (κ1) is 22.6. The molecule has 0 saturated carbocycles. The fourth-order valence-corrected chi connectivity index (χ4v) is 5.56. The Kier molecular flexibility index (Phi) is 7.16. The summed E-state index contributed by atoms with van der Waals surface area (Å²) in [4.78, 5) is -0.374. The lowest BCUT2D eigenvalue weighted by molar-refractivity contribution is 0.603. The molecule has 3 aromatic carbocycles. The van der Waals surface area contributed by atoms with Gasteiger partial charge in [0.1, 0.15) is 16.9 Å². The van der Waals surface area contributed by atoms with Crippen LogP contribution in [0.15, 0.2) is 87.6 Å². The van der Waals surface area contributed by atoms with E-state index in [1.807, 2.05) is 38.1 Å². The molecular weight excluding hydrogens is 431 g/mol. The molecule has 0 radical (unpaired) electrons. The average Bonchev–Trinajstić information content (AvgIpc) is 2.76. The fraction of sp³-hybridized carbons (Fsp3) is 0.125. The molecule has 0 unspecified atom stereocenters. The number of sulfone groups is 1. The Bertz CT molecular complexity index is 1240. The summed E-state index contributed by atoms with van der Waals surface area (Å²) in [5.74, 6) is -0.221. The number of anilines is 1. The van der Waals surface area contributed by atoms with E-state index in [1.165, 1.54) is 18.2 Å². The maximum absolute atomic E-state index is 14.1. The van der Waals surface area contributed by atoms with Crippen molar-refractivity contribution in [3.8, 4) is 6.07 Å². The average molecular weight is 453 g/mol. The van der Waals surface area contributed by atoms with Gasteiger partial charge in [-0.3, -0.25) is 0 Å². The largest absolute Gasteiger partial charge is 0.348 e. The van der Waals surface area contributed by atoms with Crippen LogP contribution in [-0.4, -0.2) is 8.42 Å². The highest BCUT2D eigenvalue weighted by atomic mass is 32.2. The lowest BCUT2D eigenvalue weighted by atomic mass is 10.1. The van der Waals surface area contributed by atoms with Crippen LogP contribution in [0.4, 0.5) is 10.1 Å². The molecule has 0 aliphatic rings. The normalized spacial score (nSPS) is 12.1. The predicted molar refractivity (Wildman–Crippen MR) is 124 cm³/mol. The topological polar surface area (TPSA) is 70.0 Å². The van der Waals surface area contributed by atoms with E-state index in [1.54, 1.807) is 36.4 Å². The number of rotatable bonds is 7. The quantitative estimate of drug-likeness (QED) is 0.448. The van der Waals surface area contributed by atoms with Gasteiger partial charge in [0.25, 0.3) is 0 Å². The van der Waals surface area contributed by atoms with E-state index in [0.29, 0.717) is 5.56 Å². The molecule has 0 aromatic heterocycles. The number of para-hydroxylation sites is 1. The second-order valence-corrected chi connectivity index (χ2v) is 9.73. The minimum Gasteiger partial charge on any atom is -0.348 e. The van der Waals surface area contributed by atoms with Gasteiger partial charge in [-0.15, -0.1) is 11.8 Å². The van der Waals surface area contributed by atoms with E-state index >= 15 is 0 Å². The van der Waals surface area contributed by atoms with Gasteiger partial charge in [-0.25, -0.2) is 12.8 Å². The molecule has 158 valence electrons. The molecule has 7 heteroatoms. The number of hydrogen-bond acceptors (Lipinski definition) is 5. The zero-order valence-corrected chi connectivity index (χ0v) is 18.7. The number of nitriles is 1. The Hall–Kier alpha value is -3.08. The molecule has 0 heterocycles. The van der Waals surface area contributed by atoms with Crippen LogP contribution in [0.1, 0.15) is 16.7 Å². The maximum atomic E-state index is 14.1. The summed E-state index contributed by atoms with van der Waals surface area (Å²) in [5.41, 5.74) is 2.94. The number of aryl methyl sites for hydroxylation is 2. The Labute approximate surface area is 186 Å². The highest BCUT2D eigenvalue weighted by molar-refractivity contribution is 8.04. The van der Waals surface area contributed by atoms with E-state index in [0.717, 1.165) is 28.6 Å². The lowest BCUT2D eigenvalue weighted by Gasteiger charge is -2.17. The molecule has 0 aliphatic carbocycles. The number of nitrogens with zero attached hydrogens (tertiary/aromatic N) is 1. The Morgan fingerprint density at radius 2 is 1.58 bits per heavy atom. The molecule has 0 atom stereocenters. The van der Waals surface area contributed by atoms with Crippen LogP contribution >= 0.6 is 11.8 Å². The van der Waals surface area contributed by atoms with E-state index in [2.05, 4.69) is 5.32 Å². The van der Waals surface area contributed by atoms with E-state index in [9.17, 15) is 18.1 Å². The maximum Gasteiger partial charge on any atom is 0.219 e. The van der Waals surface area contributed by atoms with Crippen molar-refractivity contribution in [3.05, 3.63) is 105 Å². The van der Waals surface area contributed by atoms with Crippen LogP contribution in [0.2, 0.25) is 0 Å². The van der Waals surface area contributed by atoms with Crippen LogP contribution in [0, 0.1) is 31.0 Å². The molecule has 0 aliphatic heterocycles. The summed E-state index contributed by atoms with van der Waals surface area (Å²) in [6.07, 6.45) is 0. The van der Waals surface area contributed by atoms with Gasteiger partial charge >= 0.3 is 0 Å². The van der Waals surface area contributed by atoms with Crippen molar-refractivity contribution in [1.82, 2.24) is 0 Å². The second-order valence-electron chi connectivity index (χ2n) is 6.86. The highest BCUT2D eigenvalue weighted by Crippen LogP contribution is 2.33. The molecule has 0 bridgehead atoms. The zero-order valence-electron chi connectivity index (χ0n) is 17.1. The highest BCUT2D eigenvalue weighted by Gasteiger charge is 2.26. The van der Waals surface area contributed by atoms with Gasteiger partial charge in [0, 0.05) is 11.4 Å². The first-order valence-corrected chi connectivity index (χ1v) is 12.0. The van der Waals surface area contributed by atoms with Gasteiger partial charge < -0.3 is 5.32 Å². The van der Waals surface area contributed by atoms with Gasteiger partial charge in [0.15, 0.2) is 4.91 Å². The van der Waals surface area contributed by atoms with Crippen molar-refractivity contribution < 1.29 is 12.8 Å². The molecule has 4 nitrogen and oxygen atoms in total. The third kappa shape index (κ3) is 5.16. The van der Waals surface area contributed by atoms with Gasteiger partial charge in [-0.1, -0.05) is 54.6 Å². The van der Waals surface area contributed by atoms with Crippen molar-refractivity contribution in [3.63, 3.8) is 0 Å². The monoisotopic (exact) mass is 452 g/mol. The summed E-state index contributed by atoms with van der Waals surface area (Å²) in [5, 5.41) is 13.2. The standard InChI is InChI=1S/C24H21FN2O2S2/c1-17-9-8-10-18(2)23(17)27-24(30-16-19-11-6-7-14-21(19)25)22(15-26)31(28,29)20-12-4-3-5-13-20/h3-14,27H,16H2,1-2H3. The van der Waals surface area contributed by atoms with E-state index in [4.69, 9.17) is 0 Å². The number of hydrogen-bond donors (Lipinski definition) is 1. The molecule has 31 heavy (non-hydrogen) atoms. The van der Waals surface area contributed by atoms with Crippen molar-refractivity contribution in [2.45, 2.75) is 24.5 Å². The molecule has 0 amide bonds. The van der Waals surface area contributed by atoms with Gasteiger partial charge in [0.2, 0.25) is 9.84 Å². The van der Waals surface area contributed by atoms with Crippen LogP contribution in [0.3, 0.4) is 0 Å². The Balaban J connectivity index is 2.11. The first-order valence-electron chi connectivity index (χ1n) is 9.48. The van der Waals surface area contributed by atoms with Crippen LogP contribution in [-0.2, 0) is 15.6 Å². The van der Waals surface area contributed by atoms with Gasteiger partial charge in [0.05, 0.1) is 4.90 Å². The smallest absolute Gasteiger partial charge is 0.219 e. The molecular formula is C24H21FN2O2S2. The molecule has 3 aromatic rings. The third-order valence-corrected chi connectivity index (χ3v) is 7.58. The minimum atomic E-state index is -4.07. The van der Waals surface area contributed by atoms with E-state index in [-0.39, 0.29) is 21.5 Å². The Morgan fingerprint density at radius 1 is 0.968 bits per heavy atom. The SMILES string of the molecule is Cc1cccc(C)c1NC(SCc1ccccc1F)=C(C#N)S(=O)(=O)c1ccccc1. The number of halogens is 1. The number of benzene rings is 3. The van der Waals surface area contributed by atoms with Crippen molar-refractivity contribution in [2.24, 2.45) is 0 Å². The summed E-state index contributed by atoms with van der Waals surface area (Å²) in [6, 6.07) is 21.7. The first-order chi connectivity index (χ1) is 14.8. The van der Waals surface area contributed by atoms with Crippen molar-refractivity contribution >= 4 is 27.3 Å². The zero-order chi connectivity index (χ0) is 22.4. The Morgan fingerprint density at radius 3 is 2.19 bits per heavy atom. The lowest BCUT2D eigenvalue weighted by Crippen LogP contribution is -2.11. The summed E-state index contributed by atoms with van der Waals surface area (Å²) in [7, 11) is -4.07. The van der Waals surface area contributed by atoms with E-state index < -0.39 is 14.7 Å². The molecule has 0 fully saturated rings. The molecule has 0 saturated heterocycles. The number of nitrogens with one attached hydrogen (secondary N) is 1.